The van der Waals surface area contributed by atoms with Gasteiger partial charge in [0.05, 0.1) is 7.11 Å². The van der Waals surface area contributed by atoms with Gasteiger partial charge in [0, 0.05) is 18.8 Å². The quantitative estimate of drug-likeness (QED) is 0.913. The molecule has 5 heteroatoms. The molecule has 1 heterocycles. The maximum absolute atomic E-state index is 9.26. The van der Waals surface area contributed by atoms with Gasteiger partial charge >= 0.3 is 0 Å². The molecule has 0 amide bonds. The Kier molecular flexibility index (Phi) is 4.62. The van der Waals surface area contributed by atoms with Crippen molar-refractivity contribution in [2.75, 3.05) is 19.5 Å². The van der Waals surface area contributed by atoms with E-state index in [9.17, 15) is 5.26 Å². The number of pyridine rings is 1. The van der Waals surface area contributed by atoms with Crippen molar-refractivity contribution >= 4 is 5.82 Å². The molecule has 0 bridgehead atoms. The van der Waals surface area contributed by atoms with E-state index in [1.165, 1.54) is 0 Å². The van der Waals surface area contributed by atoms with Crippen molar-refractivity contribution in [3.63, 3.8) is 0 Å². The minimum atomic E-state index is 0.380. The number of benzene rings is 1. The molecule has 0 aliphatic heterocycles. The highest BCUT2D eigenvalue weighted by Crippen LogP contribution is 2.26. The van der Waals surface area contributed by atoms with Crippen LogP contribution in [0.15, 0.2) is 30.3 Å². The second-order valence-corrected chi connectivity index (χ2v) is 4.48. The van der Waals surface area contributed by atoms with Gasteiger partial charge in [-0.2, -0.15) is 5.26 Å². The first-order chi connectivity index (χ1) is 10.2. The molecule has 0 aliphatic carbocycles. The van der Waals surface area contributed by atoms with E-state index >= 15 is 0 Å². The molecule has 1 aromatic carbocycles. The average Bonchev–Trinajstić information content (AvgIpc) is 2.52. The minimum Gasteiger partial charge on any atom is -0.497 e. The van der Waals surface area contributed by atoms with Crippen molar-refractivity contribution in [1.29, 1.82) is 5.26 Å². The van der Waals surface area contributed by atoms with E-state index in [4.69, 9.17) is 9.47 Å². The molecule has 0 radical (unpaired) electrons. The van der Waals surface area contributed by atoms with Gasteiger partial charge in [-0.05, 0) is 24.6 Å². The first kappa shape index (κ1) is 14.7. The van der Waals surface area contributed by atoms with E-state index in [1.807, 2.05) is 31.2 Å². The van der Waals surface area contributed by atoms with E-state index in [1.54, 1.807) is 20.2 Å². The highest BCUT2D eigenvalue weighted by Gasteiger charge is 2.11. The Labute approximate surface area is 124 Å². The summed E-state index contributed by atoms with van der Waals surface area (Å²) in [5.74, 6) is 1.86. The Morgan fingerprint density at radius 3 is 2.57 bits per heavy atom. The summed E-state index contributed by atoms with van der Waals surface area (Å²) in [7, 11) is 3.36. The Bertz CT molecular complexity index is 660. The van der Waals surface area contributed by atoms with E-state index < -0.39 is 0 Å². The van der Waals surface area contributed by atoms with Gasteiger partial charge in [-0.25, -0.2) is 4.98 Å². The largest absolute Gasteiger partial charge is 0.497 e. The molecule has 0 fully saturated rings. The van der Waals surface area contributed by atoms with Crippen LogP contribution >= 0.6 is 0 Å². The molecule has 0 saturated heterocycles. The number of aryl methyl sites for hydroxylation is 1. The molecule has 2 rings (SSSR count). The van der Waals surface area contributed by atoms with E-state index in [0.717, 1.165) is 17.0 Å². The van der Waals surface area contributed by atoms with Crippen LogP contribution in [0.4, 0.5) is 5.82 Å². The number of anilines is 1. The molecule has 0 saturated carbocycles. The highest BCUT2D eigenvalue weighted by atomic mass is 16.5. The van der Waals surface area contributed by atoms with Gasteiger partial charge in [0.25, 0.3) is 0 Å². The molecular formula is C16H17N3O2. The zero-order valence-electron chi connectivity index (χ0n) is 12.3. The van der Waals surface area contributed by atoms with Crippen molar-refractivity contribution in [2.45, 2.75) is 13.5 Å². The number of nitrogens with one attached hydrogen (secondary N) is 1. The number of hydrogen-bond acceptors (Lipinski definition) is 5. The summed E-state index contributed by atoms with van der Waals surface area (Å²) in [6.07, 6.45) is 0. The highest BCUT2D eigenvalue weighted by molar-refractivity contribution is 5.59. The third-order valence-corrected chi connectivity index (χ3v) is 3.01. The molecule has 1 aromatic heterocycles. The first-order valence-electron chi connectivity index (χ1n) is 6.53. The van der Waals surface area contributed by atoms with Crippen LogP contribution in [0.1, 0.15) is 16.8 Å². The number of methoxy groups -OCH3 is 1. The van der Waals surface area contributed by atoms with Gasteiger partial charge in [-0.15, -0.1) is 0 Å². The van der Waals surface area contributed by atoms with E-state index in [0.29, 0.717) is 23.7 Å². The normalized spacial score (nSPS) is 9.81. The van der Waals surface area contributed by atoms with E-state index in [2.05, 4.69) is 16.4 Å². The minimum absolute atomic E-state index is 0.380. The Morgan fingerprint density at radius 1 is 1.29 bits per heavy atom. The van der Waals surface area contributed by atoms with Crippen LogP contribution in [0.5, 0.6) is 11.5 Å². The number of aromatic nitrogens is 1. The summed E-state index contributed by atoms with van der Waals surface area (Å²) in [6, 6.07) is 11.5. The predicted octanol–water partition coefficient (Wildman–Crippen LogP) is 2.89. The van der Waals surface area contributed by atoms with Crippen LogP contribution in [-0.2, 0) is 6.61 Å². The topological polar surface area (TPSA) is 67.2 Å². The summed E-state index contributed by atoms with van der Waals surface area (Å²) in [5.41, 5.74) is 2.21. The summed E-state index contributed by atoms with van der Waals surface area (Å²) in [4.78, 5) is 4.27. The molecule has 0 spiro atoms. The lowest BCUT2D eigenvalue weighted by atomic mass is 10.2. The van der Waals surface area contributed by atoms with Crippen LogP contribution in [0.2, 0.25) is 0 Å². The number of nitrogens with zero attached hydrogens (tertiary/aromatic N) is 2. The van der Waals surface area contributed by atoms with Gasteiger partial charge in [0.15, 0.2) is 0 Å². The zero-order chi connectivity index (χ0) is 15.2. The molecule has 0 aliphatic rings. The lowest BCUT2D eigenvalue weighted by Gasteiger charge is -2.12. The SMILES string of the molecule is CNc1nc(C)cc(OCc2ccc(OC)cc2)c1C#N. The molecule has 0 atom stereocenters. The lowest BCUT2D eigenvalue weighted by Crippen LogP contribution is -2.03. The van der Waals surface area contributed by atoms with Crippen molar-refractivity contribution in [3.05, 3.63) is 47.2 Å². The molecule has 108 valence electrons. The number of hydrogen-bond donors (Lipinski definition) is 1. The third kappa shape index (κ3) is 3.42. The number of ether oxygens (including phenoxy) is 2. The van der Waals surface area contributed by atoms with Crippen molar-refractivity contribution in [1.82, 2.24) is 4.98 Å². The summed E-state index contributed by atoms with van der Waals surface area (Å²) >= 11 is 0. The summed E-state index contributed by atoms with van der Waals surface area (Å²) in [5, 5.41) is 12.2. The van der Waals surface area contributed by atoms with E-state index in [-0.39, 0.29) is 0 Å². The van der Waals surface area contributed by atoms with Crippen LogP contribution < -0.4 is 14.8 Å². The Hall–Kier alpha value is -2.74. The monoisotopic (exact) mass is 283 g/mol. The van der Waals surface area contributed by atoms with Crippen molar-refractivity contribution in [2.24, 2.45) is 0 Å². The second kappa shape index (κ2) is 6.62. The maximum atomic E-state index is 9.26. The van der Waals surface area contributed by atoms with Gasteiger partial charge in [-0.3, -0.25) is 0 Å². The standard InChI is InChI=1S/C16H17N3O2/c1-11-8-15(14(9-17)16(18-2)19-11)21-10-12-4-6-13(20-3)7-5-12/h4-8H,10H2,1-3H3,(H,18,19). The van der Waals surface area contributed by atoms with Crippen LogP contribution in [0.3, 0.4) is 0 Å². The van der Waals surface area contributed by atoms with Crippen LogP contribution in [-0.4, -0.2) is 19.1 Å². The third-order valence-electron chi connectivity index (χ3n) is 3.01. The average molecular weight is 283 g/mol. The van der Waals surface area contributed by atoms with Gasteiger partial charge in [0.2, 0.25) is 0 Å². The van der Waals surface area contributed by atoms with Gasteiger partial charge in [-0.1, -0.05) is 12.1 Å². The summed E-state index contributed by atoms with van der Waals surface area (Å²) in [6.45, 7) is 2.24. The fourth-order valence-electron chi connectivity index (χ4n) is 1.93. The first-order valence-corrected chi connectivity index (χ1v) is 6.53. The lowest BCUT2D eigenvalue weighted by molar-refractivity contribution is 0.304. The van der Waals surface area contributed by atoms with Gasteiger partial charge < -0.3 is 14.8 Å². The van der Waals surface area contributed by atoms with Crippen molar-refractivity contribution in [3.8, 4) is 17.6 Å². The fourth-order valence-corrected chi connectivity index (χ4v) is 1.93. The summed E-state index contributed by atoms with van der Waals surface area (Å²) < 4.78 is 10.9. The van der Waals surface area contributed by atoms with Gasteiger partial charge in [0.1, 0.15) is 35.6 Å². The molecule has 2 aromatic rings. The Balaban J connectivity index is 2.19. The molecule has 21 heavy (non-hydrogen) atoms. The molecule has 1 N–H and O–H groups in total. The maximum Gasteiger partial charge on any atom is 0.147 e. The molecular weight excluding hydrogens is 266 g/mol. The molecule has 5 nitrogen and oxygen atoms in total. The van der Waals surface area contributed by atoms with Crippen molar-refractivity contribution < 1.29 is 9.47 Å². The number of rotatable bonds is 5. The predicted molar refractivity (Wildman–Crippen MR) is 80.6 cm³/mol. The fraction of sp³-hybridized carbons (Fsp3) is 0.250. The Morgan fingerprint density at radius 2 is 2.00 bits per heavy atom. The number of nitriles is 1. The zero-order valence-corrected chi connectivity index (χ0v) is 12.3. The van der Waals surface area contributed by atoms with Crippen LogP contribution in [0, 0.1) is 18.3 Å². The second-order valence-electron chi connectivity index (χ2n) is 4.48. The molecule has 0 unspecified atom stereocenters. The van der Waals surface area contributed by atoms with Crippen LogP contribution in [0.25, 0.3) is 0 Å². The smallest absolute Gasteiger partial charge is 0.147 e.